The number of esters is 2. The molecule has 2 fully saturated rings. The molecule has 0 saturated heterocycles. The van der Waals surface area contributed by atoms with Crippen molar-refractivity contribution in [3.05, 3.63) is 20.2 Å². The minimum Gasteiger partial charge on any atom is -0.463 e. The molecular weight excluding hydrogens is 428 g/mol. The quantitative estimate of drug-likeness (QED) is 0.228. The summed E-state index contributed by atoms with van der Waals surface area (Å²) < 4.78 is 40.5. The number of nitro groups is 2. The molecule has 0 heterocycles. The van der Waals surface area contributed by atoms with E-state index in [1.165, 1.54) is 6.92 Å². The largest absolute Gasteiger partial charge is 0.463 e. The fraction of sp³-hybridized carbons (Fsp3) is 0.875. The van der Waals surface area contributed by atoms with Crippen molar-refractivity contribution in [3.8, 4) is 0 Å². The van der Waals surface area contributed by atoms with Crippen LogP contribution in [0.3, 0.4) is 0 Å². The number of nitrogens with zero attached hydrogens (tertiary/aromatic N) is 2. The average Bonchev–Trinajstić information content (AvgIpc) is 2.61. The van der Waals surface area contributed by atoms with Gasteiger partial charge in [-0.25, -0.2) is 0 Å². The van der Waals surface area contributed by atoms with Crippen LogP contribution in [0.1, 0.15) is 52.4 Å². The summed E-state index contributed by atoms with van der Waals surface area (Å²) in [6.45, 7) is 2.31. The lowest BCUT2D eigenvalue weighted by atomic mass is 9.86. The van der Waals surface area contributed by atoms with Gasteiger partial charge in [0, 0.05) is 23.7 Å². The van der Waals surface area contributed by atoms with Crippen molar-refractivity contribution in [3.63, 3.8) is 0 Å². The van der Waals surface area contributed by atoms with Crippen LogP contribution >= 0.6 is 0 Å². The van der Waals surface area contributed by atoms with E-state index in [1.807, 2.05) is 0 Å². The van der Waals surface area contributed by atoms with Gasteiger partial charge in [0.15, 0.2) is 0 Å². The second-order valence-electron chi connectivity index (χ2n) is 7.47. The third kappa shape index (κ3) is 6.08. The second kappa shape index (κ2) is 9.64. The lowest BCUT2D eigenvalue weighted by Gasteiger charge is -2.33. The first-order chi connectivity index (χ1) is 13.9. The smallest absolute Gasteiger partial charge is 0.302 e. The van der Waals surface area contributed by atoms with Crippen molar-refractivity contribution in [1.29, 1.82) is 0 Å². The van der Waals surface area contributed by atoms with Gasteiger partial charge in [0.05, 0.1) is 18.1 Å². The summed E-state index contributed by atoms with van der Waals surface area (Å²) in [5, 5.41) is 22.0. The molecule has 2 rings (SSSR count). The van der Waals surface area contributed by atoms with Gasteiger partial charge in [-0.3, -0.25) is 34.0 Å². The van der Waals surface area contributed by atoms with E-state index in [4.69, 9.17) is 13.7 Å². The van der Waals surface area contributed by atoms with E-state index in [0.717, 1.165) is 6.92 Å². The molecule has 0 spiro atoms. The van der Waals surface area contributed by atoms with Crippen molar-refractivity contribution in [2.24, 2.45) is 0 Å². The van der Waals surface area contributed by atoms with Crippen LogP contribution in [-0.2, 0) is 33.4 Å². The molecule has 2 unspecified atom stereocenters. The molecule has 170 valence electrons. The van der Waals surface area contributed by atoms with Crippen LogP contribution in [0.2, 0.25) is 0 Å². The van der Waals surface area contributed by atoms with E-state index in [2.05, 4.69) is 0 Å². The van der Waals surface area contributed by atoms with Gasteiger partial charge in [-0.2, -0.15) is 8.42 Å². The molecule has 0 aromatic carbocycles. The third-order valence-electron chi connectivity index (χ3n) is 5.25. The number of hydrogen-bond acceptors (Lipinski definition) is 11. The van der Waals surface area contributed by atoms with Gasteiger partial charge in [0.1, 0.15) is 12.2 Å². The Bertz CT molecular complexity index is 767. The van der Waals surface area contributed by atoms with Crippen molar-refractivity contribution in [2.75, 3.05) is 0 Å². The first-order valence-electron chi connectivity index (χ1n) is 9.44. The summed E-state index contributed by atoms with van der Waals surface area (Å²) in [4.78, 5) is 43.5. The Hall–Kier alpha value is -2.35. The van der Waals surface area contributed by atoms with Crippen molar-refractivity contribution >= 4 is 22.1 Å². The molecule has 0 radical (unpaired) electrons. The summed E-state index contributed by atoms with van der Waals surface area (Å²) in [6.07, 6.45) is -3.40. The molecule has 0 amide bonds. The summed E-state index contributed by atoms with van der Waals surface area (Å²) in [5.41, 5.74) is 0. The fourth-order valence-electron chi connectivity index (χ4n) is 3.94. The molecule has 2 aliphatic carbocycles. The van der Waals surface area contributed by atoms with E-state index in [9.17, 15) is 38.2 Å². The van der Waals surface area contributed by atoms with Crippen molar-refractivity contribution in [1.82, 2.24) is 0 Å². The third-order valence-corrected chi connectivity index (χ3v) is 7.03. The van der Waals surface area contributed by atoms with Crippen molar-refractivity contribution < 1.29 is 41.5 Å². The number of hydrogen-bond donors (Lipinski definition) is 0. The highest BCUT2D eigenvalue weighted by Crippen LogP contribution is 2.33. The molecule has 0 aliphatic heterocycles. The van der Waals surface area contributed by atoms with Crippen LogP contribution in [0.4, 0.5) is 0 Å². The van der Waals surface area contributed by atoms with Gasteiger partial charge in [0.25, 0.3) is 22.2 Å². The van der Waals surface area contributed by atoms with Gasteiger partial charge in [-0.15, -0.1) is 0 Å². The SMILES string of the molecule is CC(=O)OC1CCC(S(=O)(=O)OC2C([N+](=O)[O-])CC(OC(C)=O)CC2[N+](=O)[O-])CC1. The summed E-state index contributed by atoms with van der Waals surface area (Å²) in [6, 6.07) is -3.46. The Kier molecular flexibility index (Phi) is 7.69. The van der Waals surface area contributed by atoms with Crippen LogP contribution in [0.25, 0.3) is 0 Å². The summed E-state index contributed by atoms with van der Waals surface area (Å²) >= 11 is 0. The van der Waals surface area contributed by atoms with Crippen LogP contribution < -0.4 is 0 Å². The van der Waals surface area contributed by atoms with Crippen LogP contribution in [-0.4, -0.2) is 65.8 Å². The number of carbonyl (C=O) groups excluding carboxylic acids is 2. The van der Waals surface area contributed by atoms with E-state index in [1.54, 1.807) is 0 Å². The average molecular weight is 452 g/mol. The Balaban J connectivity index is 2.16. The molecule has 30 heavy (non-hydrogen) atoms. The van der Waals surface area contributed by atoms with Crippen LogP contribution in [0, 0.1) is 20.2 Å². The molecule has 2 atom stereocenters. The molecule has 0 aromatic heterocycles. The summed E-state index contributed by atoms with van der Waals surface area (Å²) in [5.74, 6) is -1.23. The zero-order valence-corrected chi connectivity index (χ0v) is 17.3. The zero-order chi connectivity index (χ0) is 22.6. The van der Waals surface area contributed by atoms with Gasteiger partial charge in [-0.05, 0) is 25.7 Å². The lowest BCUT2D eigenvalue weighted by molar-refractivity contribution is -0.586. The molecule has 14 heteroatoms. The van der Waals surface area contributed by atoms with Gasteiger partial charge in [-0.1, -0.05) is 0 Å². The second-order valence-corrected chi connectivity index (χ2v) is 9.31. The highest BCUT2D eigenvalue weighted by atomic mass is 32.2. The van der Waals surface area contributed by atoms with Gasteiger partial charge < -0.3 is 9.47 Å². The van der Waals surface area contributed by atoms with E-state index < -0.39 is 80.4 Å². The molecular formula is C16H24N2O11S. The van der Waals surface area contributed by atoms with E-state index in [-0.39, 0.29) is 25.7 Å². The molecule has 0 N–H and O–H groups in total. The fourth-order valence-corrected chi connectivity index (χ4v) is 5.51. The van der Waals surface area contributed by atoms with Crippen molar-refractivity contribution in [2.45, 2.75) is 88.0 Å². The normalized spacial score (nSPS) is 32.1. The minimum absolute atomic E-state index is 0.0926. The zero-order valence-electron chi connectivity index (χ0n) is 16.5. The molecule has 0 bridgehead atoms. The Morgan fingerprint density at radius 3 is 1.67 bits per heavy atom. The Labute approximate surface area is 172 Å². The summed E-state index contributed by atoms with van der Waals surface area (Å²) in [7, 11) is -4.37. The predicted octanol–water partition coefficient (Wildman–Crippen LogP) is 0.592. The van der Waals surface area contributed by atoms with Gasteiger partial charge >= 0.3 is 11.9 Å². The highest BCUT2D eigenvalue weighted by Gasteiger charge is 2.55. The first-order valence-corrected chi connectivity index (χ1v) is 10.9. The minimum atomic E-state index is -4.37. The maximum atomic E-state index is 12.7. The molecule has 2 aliphatic rings. The molecule has 13 nitrogen and oxygen atoms in total. The first kappa shape index (κ1) is 23.9. The predicted molar refractivity (Wildman–Crippen MR) is 98.0 cm³/mol. The van der Waals surface area contributed by atoms with Gasteiger partial charge in [0.2, 0.25) is 6.10 Å². The Morgan fingerprint density at radius 1 is 0.833 bits per heavy atom. The maximum Gasteiger partial charge on any atom is 0.302 e. The van der Waals surface area contributed by atoms with Crippen LogP contribution in [0.5, 0.6) is 0 Å². The van der Waals surface area contributed by atoms with E-state index >= 15 is 0 Å². The molecule has 0 aromatic rings. The van der Waals surface area contributed by atoms with E-state index in [0.29, 0.717) is 0 Å². The highest BCUT2D eigenvalue weighted by molar-refractivity contribution is 7.87. The monoisotopic (exact) mass is 452 g/mol. The molecule has 2 saturated carbocycles. The number of carbonyl (C=O) groups is 2. The Morgan fingerprint density at radius 2 is 1.27 bits per heavy atom. The number of rotatable bonds is 7. The maximum absolute atomic E-state index is 12.7. The lowest BCUT2D eigenvalue weighted by Crippen LogP contribution is -2.56. The van der Waals surface area contributed by atoms with Crippen LogP contribution in [0.15, 0.2) is 0 Å². The topological polar surface area (TPSA) is 182 Å². The number of ether oxygens (including phenoxy) is 2. The standard InChI is InChI=1S/C16H24N2O11S/c1-9(19)27-11-3-5-13(6-4-11)30(25,26)29-16-14(17(21)22)7-12(28-10(2)20)8-15(16)18(23)24/h11-16H,3-8H2,1-2H3.